The maximum absolute atomic E-state index is 15.4. The predicted octanol–water partition coefficient (Wildman–Crippen LogP) is 4.22. The number of aromatic nitrogens is 6. The number of rotatable bonds is 15. The third-order valence-electron chi connectivity index (χ3n) is 14.1. The van der Waals surface area contributed by atoms with Gasteiger partial charge in [0.15, 0.2) is 5.65 Å². The first-order chi connectivity index (χ1) is 34.9. The van der Waals surface area contributed by atoms with Gasteiger partial charge in [-0.15, -0.1) is 0 Å². The number of piperidine rings is 3. The quantitative estimate of drug-likeness (QED) is 0.0715. The molecular formula is C51H55FN14O6. The standard InChI is InChI=1S/C51H55FN14O6/c1-30-59-41-8-7-38(33-11-16-55-43(53)24-33)60-48(41)65(30)35-5-6-39(37(52)25-35)54-17-18-56-45(68)29-62-19-12-31(13-20-62)23-46(69)63-21-14-34(15-22-63)64-28-32(27-58-64)26-57-40-4-2-3-36-47(40)51(72)66(50(36)71)42-9-10-44(67)61-49(42)70/h2-8,11,16,24-25,27-28,31,34,42,54,57H,9-10,12-15,17-23,26,29H2,1H3,(H2,53,55)(H,56,68)(H,61,67,70). The Hall–Kier alpha value is -8.07. The van der Waals surface area contributed by atoms with Crippen molar-refractivity contribution in [1.82, 2.24) is 54.6 Å². The molecule has 6 N–H and O–H groups in total. The van der Waals surface area contributed by atoms with Crippen LogP contribution in [0.15, 0.2) is 79.3 Å². The van der Waals surface area contributed by atoms with Crippen molar-refractivity contribution in [2.75, 3.05) is 62.2 Å². The van der Waals surface area contributed by atoms with Crippen molar-refractivity contribution in [3.63, 3.8) is 0 Å². The molecular weight excluding hydrogens is 924 g/mol. The average molecular weight is 979 g/mol. The van der Waals surface area contributed by atoms with Crippen LogP contribution in [0.3, 0.4) is 0 Å². The number of nitrogens with two attached hydrogens (primary N) is 1. The number of pyridine rings is 2. The summed E-state index contributed by atoms with van der Waals surface area (Å²) < 4.78 is 19.2. The van der Waals surface area contributed by atoms with Crippen molar-refractivity contribution < 1.29 is 33.2 Å². The van der Waals surface area contributed by atoms with Gasteiger partial charge in [0.1, 0.15) is 29.0 Å². The van der Waals surface area contributed by atoms with E-state index in [1.165, 1.54) is 6.07 Å². The number of hydrogen-bond acceptors (Lipinski definition) is 14. The van der Waals surface area contributed by atoms with Gasteiger partial charge in [-0.1, -0.05) is 6.07 Å². The molecule has 0 saturated carbocycles. The van der Waals surface area contributed by atoms with Crippen LogP contribution in [0.4, 0.5) is 21.6 Å². The highest BCUT2D eigenvalue weighted by molar-refractivity contribution is 6.25. The van der Waals surface area contributed by atoms with E-state index < -0.39 is 35.5 Å². The number of hydrogen-bond donors (Lipinski definition) is 5. The second-order valence-electron chi connectivity index (χ2n) is 18.8. The van der Waals surface area contributed by atoms with Crippen LogP contribution in [-0.2, 0) is 25.7 Å². The van der Waals surface area contributed by atoms with Crippen LogP contribution >= 0.6 is 0 Å². The minimum atomic E-state index is -1.04. The number of nitrogens with zero attached hydrogens (tertiary/aromatic N) is 9. The Morgan fingerprint density at radius 2 is 1.69 bits per heavy atom. The molecule has 4 aliphatic heterocycles. The van der Waals surface area contributed by atoms with Gasteiger partial charge in [-0.3, -0.25) is 53.1 Å². The van der Waals surface area contributed by atoms with E-state index in [4.69, 9.17) is 10.7 Å². The number of carbonyl (C=O) groups excluding carboxylic acids is 6. The number of aryl methyl sites for hydroxylation is 1. The van der Waals surface area contributed by atoms with Crippen molar-refractivity contribution in [1.29, 1.82) is 0 Å². The van der Waals surface area contributed by atoms with E-state index in [-0.39, 0.29) is 54.3 Å². The first-order valence-corrected chi connectivity index (χ1v) is 24.4. The van der Waals surface area contributed by atoms with Crippen molar-refractivity contribution in [2.45, 2.75) is 70.5 Å². The zero-order valence-electron chi connectivity index (χ0n) is 39.8. The minimum Gasteiger partial charge on any atom is -0.384 e. The van der Waals surface area contributed by atoms with Crippen LogP contribution in [0.1, 0.15) is 83.1 Å². The summed E-state index contributed by atoms with van der Waals surface area (Å²) in [4.78, 5) is 95.7. The number of carbonyl (C=O) groups is 6. The number of benzene rings is 2. The molecule has 0 spiro atoms. The average Bonchev–Trinajstić information content (AvgIpc) is 4.06. The molecule has 0 radical (unpaired) electrons. The molecule has 4 aliphatic rings. The summed E-state index contributed by atoms with van der Waals surface area (Å²) in [5.41, 5.74) is 11.3. The topological polar surface area (TPSA) is 248 Å². The first kappa shape index (κ1) is 47.6. The van der Waals surface area contributed by atoms with Gasteiger partial charge in [-0.25, -0.2) is 19.3 Å². The van der Waals surface area contributed by atoms with Crippen LogP contribution in [0.5, 0.6) is 0 Å². The SMILES string of the molecule is Cc1nc2ccc(-c3ccnc(N)c3)nc2n1-c1ccc(NCCNC(=O)CN2CCC(CC(=O)N3CCC(n4cc(CNc5cccc6c5C(=O)N(C5CCC(=O)NC5=O)C6=O)cn4)CC3)CC2)c(F)c1. The largest absolute Gasteiger partial charge is 0.384 e. The fourth-order valence-electron chi connectivity index (χ4n) is 10.2. The normalized spacial score (nSPS) is 17.9. The summed E-state index contributed by atoms with van der Waals surface area (Å²) in [7, 11) is 0. The maximum Gasteiger partial charge on any atom is 0.264 e. The smallest absolute Gasteiger partial charge is 0.264 e. The molecule has 1 atom stereocenters. The fraction of sp³-hybridized carbons (Fsp3) is 0.373. The lowest BCUT2D eigenvalue weighted by Crippen LogP contribution is -2.54. The number of fused-ring (bicyclic) bond motifs is 2. The maximum atomic E-state index is 15.4. The van der Waals surface area contributed by atoms with E-state index >= 15 is 4.39 Å². The highest BCUT2D eigenvalue weighted by Crippen LogP contribution is 2.34. The van der Waals surface area contributed by atoms with Gasteiger partial charge in [-0.2, -0.15) is 5.10 Å². The van der Waals surface area contributed by atoms with Gasteiger partial charge in [0.2, 0.25) is 23.6 Å². The Kier molecular flexibility index (Phi) is 13.4. The molecule has 72 heavy (non-hydrogen) atoms. The summed E-state index contributed by atoms with van der Waals surface area (Å²) in [5.74, 6) is -1.32. The Morgan fingerprint density at radius 1 is 0.875 bits per heavy atom. The molecule has 4 aromatic heterocycles. The number of nitrogens with one attached hydrogen (secondary N) is 4. The number of likely N-dealkylation sites (tertiary alicyclic amines) is 2. The number of anilines is 3. The molecule has 8 heterocycles. The Morgan fingerprint density at radius 3 is 2.47 bits per heavy atom. The van der Waals surface area contributed by atoms with Crippen molar-refractivity contribution in [3.05, 3.63) is 108 Å². The van der Waals surface area contributed by atoms with Gasteiger partial charge >= 0.3 is 0 Å². The molecule has 21 heteroatoms. The van der Waals surface area contributed by atoms with Gasteiger partial charge in [0, 0.05) is 80.8 Å². The summed E-state index contributed by atoms with van der Waals surface area (Å²) in [6, 6.07) is 16.3. The summed E-state index contributed by atoms with van der Waals surface area (Å²) in [5, 5.41) is 16.1. The Bertz CT molecular complexity index is 3100. The highest BCUT2D eigenvalue weighted by atomic mass is 19.1. The minimum absolute atomic E-state index is 0.0478. The van der Waals surface area contributed by atoms with E-state index in [2.05, 4.69) is 41.2 Å². The lowest BCUT2D eigenvalue weighted by molar-refractivity contribution is -0.136. The Labute approximate surface area is 413 Å². The number of halogens is 1. The summed E-state index contributed by atoms with van der Waals surface area (Å²) >= 11 is 0. The van der Waals surface area contributed by atoms with Crippen molar-refractivity contribution >= 4 is 63.8 Å². The van der Waals surface area contributed by atoms with E-state index in [1.54, 1.807) is 48.8 Å². The number of imide groups is 2. The molecule has 6 amide bonds. The number of imidazole rings is 1. The van der Waals surface area contributed by atoms with Gasteiger partial charge in [0.25, 0.3) is 11.8 Å². The van der Waals surface area contributed by atoms with Crippen LogP contribution in [-0.4, -0.2) is 131 Å². The van der Waals surface area contributed by atoms with E-state index in [0.29, 0.717) is 84.7 Å². The van der Waals surface area contributed by atoms with Crippen LogP contribution < -0.4 is 27.0 Å². The van der Waals surface area contributed by atoms with E-state index in [1.807, 2.05) is 45.5 Å². The van der Waals surface area contributed by atoms with Crippen LogP contribution in [0.25, 0.3) is 28.1 Å². The highest BCUT2D eigenvalue weighted by Gasteiger charge is 2.45. The first-order valence-electron chi connectivity index (χ1n) is 24.4. The van der Waals surface area contributed by atoms with Gasteiger partial charge in [-0.05, 0) is 107 Å². The lowest BCUT2D eigenvalue weighted by atomic mass is 9.92. The lowest BCUT2D eigenvalue weighted by Gasteiger charge is -2.35. The second kappa shape index (κ2) is 20.3. The van der Waals surface area contributed by atoms with Crippen LogP contribution in [0.2, 0.25) is 0 Å². The Balaban J connectivity index is 0.624. The zero-order chi connectivity index (χ0) is 50.0. The van der Waals surface area contributed by atoms with Crippen molar-refractivity contribution in [2.24, 2.45) is 5.92 Å². The summed E-state index contributed by atoms with van der Waals surface area (Å²) in [6.07, 6.45) is 9.13. The molecule has 2 aromatic carbocycles. The zero-order valence-corrected chi connectivity index (χ0v) is 39.8. The fourth-order valence-corrected chi connectivity index (χ4v) is 10.2. The van der Waals surface area contributed by atoms with E-state index in [0.717, 1.165) is 54.8 Å². The molecule has 6 aromatic rings. The molecule has 0 bridgehead atoms. The molecule has 10 rings (SSSR count). The second-order valence-corrected chi connectivity index (χ2v) is 18.8. The molecule has 20 nitrogen and oxygen atoms in total. The number of nitrogen functional groups attached to an aromatic ring is 1. The summed E-state index contributed by atoms with van der Waals surface area (Å²) in [6.45, 7) is 5.80. The third-order valence-corrected chi connectivity index (χ3v) is 14.1. The molecule has 3 fully saturated rings. The van der Waals surface area contributed by atoms with Gasteiger partial charge < -0.3 is 26.6 Å². The molecule has 3 saturated heterocycles. The number of amides is 6. The van der Waals surface area contributed by atoms with Gasteiger partial charge in [0.05, 0.1) is 47.0 Å². The predicted molar refractivity (Wildman–Crippen MR) is 264 cm³/mol. The molecule has 372 valence electrons. The molecule has 0 aliphatic carbocycles. The van der Waals surface area contributed by atoms with E-state index in [9.17, 15) is 28.8 Å². The van der Waals surface area contributed by atoms with Crippen LogP contribution in [0, 0.1) is 18.7 Å². The monoisotopic (exact) mass is 978 g/mol. The third kappa shape index (κ3) is 9.96. The van der Waals surface area contributed by atoms with Crippen molar-refractivity contribution in [3.8, 4) is 16.9 Å². The molecule has 1 unspecified atom stereocenters.